The van der Waals surface area contributed by atoms with E-state index in [0.29, 0.717) is 16.5 Å². The van der Waals surface area contributed by atoms with E-state index < -0.39 is 0 Å². The van der Waals surface area contributed by atoms with Crippen molar-refractivity contribution in [1.29, 1.82) is 0 Å². The molecule has 0 aliphatic carbocycles. The minimum Gasteiger partial charge on any atom is -0.484 e. The van der Waals surface area contributed by atoms with Crippen molar-refractivity contribution in [1.82, 2.24) is 10.2 Å². The fourth-order valence-corrected chi connectivity index (χ4v) is 3.58. The Hall–Kier alpha value is -3.12. The smallest absolute Gasteiger partial charge is 0.262 e. The number of carbonyl (C=O) groups excluding carboxylic acids is 1. The van der Waals surface area contributed by atoms with E-state index in [2.05, 4.69) is 20.4 Å². The Balaban J connectivity index is 1.32. The lowest BCUT2D eigenvalue weighted by molar-refractivity contribution is -0.118. The number of aromatic nitrogens is 2. The highest BCUT2D eigenvalue weighted by Crippen LogP contribution is 2.22. The van der Waals surface area contributed by atoms with Crippen LogP contribution in [0.3, 0.4) is 0 Å². The molecule has 7 heteroatoms. The molecule has 30 heavy (non-hydrogen) atoms. The zero-order valence-corrected chi connectivity index (χ0v) is 17.3. The maximum Gasteiger partial charge on any atom is 0.262 e. The third kappa shape index (κ3) is 5.27. The molecule has 1 fully saturated rings. The SMILES string of the molecule is O=C(COc1cccc(Cl)c1)Nc1ccc(-c2ccc(N3CCCCC3)nn2)cc1. The summed E-state index contributed by atoms with van der Waals surface area (Å²) in [4.78, 5) is 14.4. The van der Waals surface area contributed by atoms with Gasteiger partial charge in [0, 0.05) is 29.4 Å². The summed E-state index contributed by atoms with van der Waals surface area (Å²) in [6, 6.07) is 18.5. The summed E-state index contributed by atoms with van der Waals surface area (Å²) in [6.45, 7) is 2.00. The normalized spacial score (nSPS) is 13.7. The molecular formula is C23H23ClN4O2. The molecule has 0 radical (unpaired) electrons. The number of hydrogen-bond acceptors (Lipinski definition) is 5. The maximum atomic E-state index is 12.1. The first-order valence-corrected chi connectivity index (χ1v) is 10.4. The summed E-state index contributed by atoms with van der Waals surface area (Å²) in [7, 11) is 0. The molecular weight excluding hydrogens is 400 g/mol. The van der Waals surface area contributed by atoms with Crippen LogP contribution in [0.25, 0.3) is 11.3 Å². The number of hydrogen-bond donors (Lipinski definition) is 1. The first kappa shape index (κ1) is 20.2. The number of anilines is 2. The van der Waals surface area contributed by atoms with E-state index in [4.69, 9.17) is 16.3 Å². The van der Waals surface area contributed by atoms with Crippen LogP contribution in [-0.4, -0.2) is 35.8 Å². The monoisotopic (exact) mass is 422 g/mol. The van der Waals surface area contributed by atoms with Crippen molar-refractivity contribution in [3.63, 3.8) is 0 Å². The molecule has 2 heterocycles. The van der Waals surface area contributed by atoms with Crippen molar-refractivity contribution in [3.8, 4) is 17.0 Å². The van der Waals surface area contributed by atoms with Crippen LogP contribution in [0.15, 0.2) is 60.7 Å². The van der Waals surface area contributed by atoms with Crippen molar-refractivity contribution in [2.75, 3.05) is 29.9 Å². The minimum atomic E-state index is -0.242. The number of halogens is 1. The highest BCUT2D eigenvalue weighted by Gasteiger charge is 2.13. The van der Waals surface area contributed by atoms with E-state index in [9.17, 15) is 4.79 Å². The molecule has 0 unspecified atom stereocenters. The van der Waals surface area contributed by atoms with Gasteiger partial charge in [-0.25, -0.2) is 0 Å². The van der Waals surface area contributed by atoms with Gasteiger partial charge in [-0.2, -0.15) is 0 Å². The quantitative estimate of drug-likeness (QED) is 0.617. The van der Waals surface area contributed by atoms with Gasteiger partial charge in [-0.15, -0.1) is 10.2 Å². The molecule has 154 valence electrons. The highest BCUT2D eigenvalue weighted by atomic mass is 35.5. The first-order chi connectivity index (χ1) is 14.7. The Labute approximate surface area is 180 Å². The van der Waals surface area contributed by atoms with E-state index in [1.54, 1.807) is 24.3 Å². The Morgan fingerprint density at radius 1 is 1.00 bits per heavy atom. The Kier molecular flexibility index (Phi) is 6.44. The van der Waals surface area contributed by atoms with Crippen molar-refractivity contribution >= 4 is 29.0 Å². The van der Waals surface area contributed by atoms with Crippen LogP contribution in [0.4, 0.5) is 11.5 Å². The van der Waals surface area contributed by atoms with Crippen LogP contribution in [0.5, 0.6) is 5.75 Å². The molecule has 1 aliphatic rings. The zero-order valence-electron chi connectivity index (χ0n) is 16.6. The second-order valence-electron chi connectivity index (χ2n) is 7.20. The van der Waals surface area contributed by atoms with Crippen molar-refractivity contribution in [2.45, 2.75) is 19.3 Å². The standard InChI is InChI=1S/C23H23ClN4O2/c24-18-5-4-6-20(15-18)30-16-23(29)25-19-9-7-17(8-10-19)21-11-12-22(27-26-21)28-13-2-1-3-14-28/h4-12,15H,1-3,13-14,16H2,(H,25,29). The average Bonchev–Trinajstić information content (AvgIpc) is 2.79. The highest BCUT2D eigenvalue weighted by molar-refractivity contribution is 6.30. The Morgan fingerprint density at radius 2 is 1.80 bits per heavy atom. The van der Waals surface area contributed by atoms with Crippen molar-refractivity contribution in [2.24, 2.45) is 0 Å². The van der Waals surface area contributed by atoms with E-state index in [-0.39, 0.29) is 12.5 Å². The van der Waals surface area contributed by atoms with Gasteiger partial charge >= 0.3 is 0 Å². The summed E-state index contributed by atoms with van der Waals surface area (Å²) in [5.41, 5.74) is 2.44. The van der Waals surface area contributed by atoms with Gasteiger partial charge in [0.25, 0.3) is 5.91 Å². The number of benzene rings is 2. The van der Waals surface area contributed by atoms with Gasteiger partial charge in [-0.3, -0.25) is 4.79 Å². The van der Waals surface area contributed by atoms with Crippen LogP contribution >= 0.6 is 11.6 Å². The fourth-order valence-electron chi connectivity index (χ4n) is 3.40. The molecule has 6 nitrogen and oxygen atoms in total. The molecule has 0 spiro atoms. The van der Waals surface area contributed by atoms with E-state index in [1.165, 1.54) is 19.3 Å². The Morgan fingerprint density at radius 3 is 2.50 bits per heavy atom. The molecule has 0 atom stereocenters. The van der Waals surface area contributed by atoms with Crippen molar-refractivity contribution in [3.05, 3.63) is 65.7 Å². The van der Waals surface area contributed by atoms with E-state index >= 15 is 0 Å². The van der Waals surface area contributed by atoms with Gasteiger partial charge in [0.05, 0.1) is 5.69 Å². The third-order valence-electron chi connectivity index (χ3n) is 4.96. The number of nitrogens with one attached hydrogen (secondary N) is 1. The molecule has 4 rings (SSSR count). The molecule has 1 N–H and O–H groups in total. The Bertz CT molecular complexity index is 987. The van der Waals surface area contributed by atoms with Crippen LogP contribution in [0.2, 0.25) is 5.02 Å². The maximum absolute atomic E-state index is 12.1. The molecule has 1 aliphatic heterocycles. The zero-order chi connectivity index (χ0) is 20.8. The second kappa shape index (κ2) is 9.59. The summed E-state index contributed by atoms with van der Waals surface area (Å²) >= 11 is 5.91. The number of nitrogens with zero attached hydrogens (tertiary/aromatic N) is 3. The number of carbonyl (C=O) groups is 1. The molecule has 3 aromatic rings. The van der Waals surface area contributed by atoms with E-state index in [0.717, 1.165) is 30.2 Å². The predicted octanol–water partition coefficient (Wildman–Crippen LogP) is 4.80. The third-order valence-corrected chi connectivity index (χ3v) is 5.20. The number of ether oxygens (including phenoxy) is 1. The molecule has 2 aromatic carbocycles. The molecule has 1 saturated heterocycles. The average molecular weight is 423 g/mol. The van der Waals surface area contributed by atoms with Gasteiger partial charge < -0.3 is 15.0 Å². The molecule has 0 saturated carbocycles. The summed E-state index contributed by atoms with van der Waals surface area (Å²) < 4.78 is 5.46. The van der Waals surface area contributed by atoms with Crippen molar-refractivity contribution < 1.29 is 9.53 Å². The van der Waals surface area contributed by atoms with Gasteiger partial charge in [-0.1, -0.05) is 29.8 Å². The largest absolute Gasteiger partial charge is 0.484 e. The fraction of sp³-hybridized carbons (Fsp3) is 0.261. The minimum absolute atomic E-state index is 0.0917. The predicted molar refractivity (Wildman–Crippen MR) is 119 cm³/mol. The number of piperidine rings is 1. The lowest BCUT2D eigenvalue weighted by atomic mass is 10.1. The van der Waals surface area contributed by atoms with E-state index in [1.807, 2.05) is 36.4 Å². The first-order valence-electron chi connectivity index (χ1n) is 10.0. The van der Waals surface area contributed by atoms with Crippen LogP contribution in [0.1, 0.15) is 19.3 Å². The lowest BCUT2D eigenvalue weighted by Crippen LogP contribution is -2.30. The topological polar surface area (TPSA) is 67.3 Å². The van der Waals surface area contributed by atoms with Crippen LogP contribution in [-0.2, 0) is 4.79 Å². The summed E-state index contributed by atoms with van der Waals surface area (Å²) in [5, 5.41) is 12.1. The molecule has 0 bridgehead atoms. The van der Waals surface area contributed by atoms with Crippen LogP contribution in [0, 0.1) is 0 Å². The van der Waals surface area contributed by atoms with Crippen LogP contribution < -0.4 is 15.0 Å². The van der Waals surface area contributed by atoms with Gasteiger partial charge in [0.1, 0.15) is 5.75 Å². The molecule has 1 amide bonds. The lowest BCUT2D eigenvalue weighted by Gasteiger charge is -2.27. The van der Waals surface area contributed by atoms with Gasteiger partial charge in [0.15, 0.2) is 12.4 Å². The number of amides is 1. The van der Waals surface area contributed by atoms with Gasteiger partial charge in [0.2, 0.25) is 0 Å². The second-order valence-corrected chi connectivity index (χ2v) is 7.63. The summed E-state index contributed by atoms with van der Waals surface area (Å²) in [5.74, 6) is 1.25. The van der Waals surface area contributed by atoms with Gasteiger partial charge in [-0.05, 0) is 61.7 Å². The summed E-state index contributed by atoms with van der Waals surface area (Å²) in [6.07, 6.45) is 3.71. The number of rotatable bonds is 6. The molecule has 1 aromatic heterocycles.